The number of carbonyl (C=O) groups is 2. The van der Waals surface area contributed by atoms with E-state index in [-0.39, 0.29) is 19.4 Å². The molecular formula is C43H75O11P. The van der Waals surface area contributed by atoms with Gasteiger partial charge in [-0.1, -0.05) is 152 Å². The Morgan fingerprint density at radius 3 is 1.96 bits per heavy atom. The number of aliphatic hydroxyl groups is 3. The summed E-state index contributed by atoms with van der Waals surface area (Å²) in [6.45, 7) is 4.43. The van der Waals surface area contributed by atoms with Crippen LogP contribution in [0.15, 0.2) is 60.8 Å². The van der Waals surface area contributed by atoms with E-state index < -0.39 is 57.9 Å². The van der Waals surface area contributed by atoms with Gasteiger partial charge in [0.15, 0.2) is 6.10 Å². The molecule has 0 saturated carbocycles. The average molecular weight is 799 g/mol. The van der Waals surface area contributed by atoms with Crippen molar-refractivity contribution >= 4 is 19.8 Å². The maximum absolute atomic E-state index is 12.6. The zero-order valence-electron chi connectivity index (χ0n) is 34.1. The molecule has 0 spiro atoms. The molecule has 0 aromatic rings. The van der Waals surface area contributed by atoms with Crippen molar-refractivity contribution in [2.24, 2.45) is 5.92 Å². The first-order chi connectivity index (χ1) is 26.5. The van der Waals surface area contributed by atoms with Gasteiger partial charge in [-0.05, 0) is 50.9 Å². The lowest BCUT2D eigenvalue weighted by atomic mass is 9.99. The summed E-state index contributed by atoms with van der Waals surface area (Å²) in [5.41, 5.74) is 0. The van der Waals surface area contributed by atoms with Crippen LogP contribution >= 0.6 is 7.82 Å². The Morgan fingerprint density at radius 2 is 1.29 bits per heavy atom. The number of hydrogen-bond acceptors (Lipinski definition) is 10. The largest absolute Gasteiger partial charge is 0.472 e. The van der Waals surface area contributed by atoms with Crippen molar-refractivity contribution in [3.05, 3.63) is 60.8 Å². The summed E-state index contributed by atoms with van der Waals surface area (Å²) in [6, 6.07) is 0. The lowest BCUT2D eigenvalue weighted by molar-refractivity contribution is -0.161. The summed E-state index contributed by atoms with van der Waals surface area (Å²) >= 11 is 0. The fourth-order valence-corrected chi connectivity index (χ4v) is 6.00. The molecule has 318 valence electrons. The van der Waals surface area contributed by atoms with E-state index in [0.29, 0.717) is 32.1 Å². The molecular weight excluding hydrogens is 723 g/mol. The van der Waals surface area contributed by atoms with E-state index in [4.69, 9.17) is 19.1 Å². The molecule has 0 bridgehead atoms. The highest BCUT2D eigenvalue weighted by Gasteiger charge is 2.27. The number of unbranched alkanes of at least 4 members (excludes halogenated alkanes) is 10. The Labute approximate surface area is 332 Å². The third-order valence-corrected chi connectivity index (χ3v) is 9.76. The number of carbonyl (C=O) groups excluding carboxylic acids is 2. The van der Waals surface area contributed by atoms with Gasteiger partial charge >= 0.3 is 19.8 Å². The van der Waals surface area contributed by atoms with E-state index in [1.54, 1.807) is 6.08 Å². The monoisotopic (exact) mass is 799 g/mol. The highest BCUT2D eigenvalue weighted by Crippen LogP contribution is 2.43. The van der Waals surface area contributed by atoms with E-state index in [0.717, 1.165) is 38.0 Å². The van der Waals surface area contributed by atoms with Gasteiger partial charge < -0.3 is 29.7 Å². The Morgan fingerprint density at radius 1 is 0.691 bits per heavy atom. The van der Waals surface area contributed by atoms with Crippen molar-refractivity contribution in [1.29, 1.82) is 0 Å². The van der Waals surface area contributed by atoms with E-state index >= 15 is 0 Å². The van der Waals surface area contributed by atoms with Crippen molar-refractivity contribution in [2.75, 3.05) is 26.4 Å². The first-order valence-electron chi connectivity index (χ1n) is 20.7. The molecule has 0 fully saturated rings. The van der Waals surface area contributed by atoms with E-state index in [2.05, 4.69) is 37.4 Å². The summed E-state index contributed by atoms with van der Waals surface area (Å²) < 4.78 is 32.6. The maximum atomic E-state index is 12.6. The van der Waals surface area contributed by atoms with Crippen LogP contribution in [0, 0.1) is 5.92 Å². The molecule has 0 radical (unpaired) electrons. The predicted molar refractivity (Wildman–Crippen MR) is 220 cm³/mol. The van der Waals surface area contributed by atoms with Crippen molar-refractivity contribution in [3.8, 4) is 0 Å². The zero-order valence-corrected chi connectivity index (χ0v) is 35.0. The number of allylic oxidation sites excluding steroid dienone is 8. The van der Waals surface area contributed by atoms with Gasteiger partial charge in [-0.15, -0.1) is 0 Å². The van der Waals surface area contributed by atoms with Crippen LogP contribution in [0.3, 0.4) is 0 Å². The van der Waals surface area contributed by atoms with Crippen molar-refractivity contribution < 1.29 is 52.9 Å². The summed E-state index contributed by atoms with van der Waals surface area (Å²) in [5, 5.41) is 28.3. The number of ether oxygens (including phenoxy) is 2. The molecule has 0 amide bonds. The van der Waals surface area contributed by atoms with Gasteiger partial charge in [0.2, 0.25) is 0 Å². The molecule has 0 aliphatic rings. The Hall–Kier alpha value is -2.37. The molecule has 12 heteroatoms. The standard InChI is InChI=1S/C43H75O11P/c1-4-6-7-8-20-25-30-39(45)31-26-21-16-13-14-18-23-28-33-43(48)54-41(37-53-55(49,50)52-35-40(46)34-44)36-51-42(47)32-27-22-17-12-10-9-11-15-19-24-29-38(3)5-2/h6-7,14,16,18,20-21,25-26,31,38-41,44-46H,4-5,8-13,15,17,19,22-24,27-30,32-37H2,1-3H3,(H,49,50)/b7-6-,18-14-,21-16-,25-20-,31-26+/t38?,39?,40-,41+/m0/s1. The van der Waals surface area contributed by atoms with Crippen LogP contribution in [0.1, 0.15) is 149 Å². The molecule has 4 N–H and O–H groups in total. The fourth-order valence-electron chi connectivity index (χ4n) is 5.21. The van der Waals surface area contributed by atoms with Crippen LogP contribution < -0.4 is 0 Å². The van der Waals surface area contributed by atoms with Crippen LogP contribution in [0.5, 0.6) is 0 Å². The molecule has 11 nitrogen and oxygen atoms in total. The minimum absolute atomic E-state index is 0.0722. The SMILES string of the molecule is CC/C=C\C/C=C\CC(O)/C=C/C=C\C/C=C\CCCC(=O)O[C@H](COC(=O)CCCCCCCCCCCCC(C)CC)COP(=O)(O)OC[C@@H](O)CO. The van der Waals surface area contributed by atoms with E-state index in [9.17, 15) is 29.3 Å². The zero-order chi connectivity index (χ0) is 40.8. The van der Waals surface area contributed by atoms with Gasteiger partial charge in [-0.2, -0.15) is 0 Å². The number of phosphoric ester groups is 1. The quantitative estimate of drug-likeness (QED) is 0.0155. The third kappa shape index (κ3) is 37.0. The van der Waals surface area contributed by atoms with Gasteiger partial charge in [-0.3, -0.25) is 18.6 Å². The van der Waals surface area contributed by atoms with Crippen molar-refractivity contribution in [1.82, 2.24) is 0 Å². The van der Waals surface area contributed by atoms with Crippen LogP contribution in [-0.2, 0) is 32.7 Å². The summed E-state index contributed by atoms with van der Waals surface area (Å²) in [6.07, 6.45) is 35.1. The van der Waals surface area contributed by atoms with E-state index in [1.807, 2.05) is 42.5 Å². The predicted octanol–water partition coefficient (Wildman–Crippen LogP) is 9.55. The third-order valence-electron chi connectivity index (χ3n) is 8.81. The molecule has 0 aromatic carbocycles. The molecule has 0 aliphatic carbocycles. The molecule has 3 unspecified atom stereocenters. The topological polar surface area (TPSA) is 169 Å². The highest BCUT2D eigenvalue weighted by molar-refractivity contribution is 7.47. The first-order valence-corrected chi connectivity index (χ1v) is 22.2. The molecule has 0 aliphatic heterocycles. The smallest absolute Gasteiger partial charge is 0.462 e. The van der Waals surface area contributed by atoms with Crippen LogP contribution in [0.2, 0.25) is 0 Å². The lowest BCUT2D eigenvalue weighted by Gasteiger charge is -2.20. The molecule has 55 heavy (non-hydrogen) atoms. The molecule has 0 saturated heterocycles. The van der Waals surface area contributed by atoms with Crippen molar-refractivity contribution in [2.45, 2.75) is 167 Å². The van der Waals surface area contributed by atoms with Gasteiger partial charge in [0, 0.05) is 12.8 Å². The minimum Gasteiger partial charge on any atom is -0.462 e. The second kappa shape index (κ2) is 37.2. The molecule has 0 rings (SSSR count). The number of aliphatic hydroxyl groups excluding tert-OH is 3. The number of phosphoric acid groups is 1. The lowest BCUT2D eigenvalue weighted by Crippen LogP contribution is -2.29. The van der Waals surface area contributed by atoms with Crippen LogP contribution in [0.25, 0.3) is 0 Å². The van der Waals surface area contributed by atoms with Gasteiger partial charge in [0.25, 0.3) is 0 Å². The second-order valence-electron chi connectivity index (χ2n) is 14.1. The number of hydrogen-bond donors (Lipinski definition) is 4. The highest BCUT2D eigenvalue weighted by atomic mass is 31.2. The first kappa shape index (κ1) is 52.6. The summed E-state index contributed by atoms with van der Waals surface area (Å²) in [4.78, 5) is 34.9. The Bertz CT molecular complexity index is 1130. The van der Waals surface area contributed by atoms with Gasteiger partial charge in [0.1, 0.15) is 12.7 Å². The summed E-state index contributed by atoms with van der Waals surface area (Å²) in [7, 11) is -4.65. The molecule has 0 aromatic heterocycles. The molecule has 5 atom stereocenters. The van der Waals surface area contributed by atoms with Crippen LogP contribution in [-0.4, -0.2) is 76.9 Å². The number of esters is 2. The average Bonchev–Trinajstić information content (AvgIpc) is 3.17. The van der Waals surface area contributed by atoms with Crippen molar-refractivity contribution in [3.63, 3.8) is 0 Å². The Kier molecular flexibility index (Phi) is 35.6. The maximum Gasteiger partial charge on any atom is 0.472 e. The van der Waals surface area contributed by atoms with Crippen LogP contribution in [0.4, 0.5) is 0 Å². The van der Waals surface area contributed by atoms with E-state index in [1.165, 1.54) is 51.4 Å². The molecule has 0 heterocycles. The van der Waals surface area contributed by atoms with Gasteiger partial charge in [0.05, 0.1) is 25.9 Å². The minimum atomic E-state index is -4.65. The summed E-state index contributed by atoms with van der Waals surface area (Å²) in [5.74, 6) is -0.204. The second-order valence-corrected chi connectivity index (χ2v) is 15.5. The fraction of sp³-hybridized carbons (Fsp3) is 0.721. The normalized spacial score (nSPS) is 15.7. The van der Waals surface area contributed by atoms with Gasteiger partial charge in [-0.25, -0.2) is 4.57 Å². The number of rotatable bonds is 37. The Balaban J connectivity index is 4.51.